The maximum atomic E-state index is 14.3. The Morgan fingerprint density at radius 1 is 1.09 bits per heavy atom. The molecule has 2 aliphatic heterocycles. The molecule has 0 aliphatic carbocycles. The molecule has 184 valence electrons. The van der Waals surface area contributed by atoms with Crippen LogP contribution >= 0.6 is 0 Å². The van der Waals surface area contributed by atoms with Crippen molar-refractivity contribution in [3.63, 3.8) is 0 Å². The second-order valence-electron chi connectivity index (χ2n) is 9.94. The Bertz CT molecular complexity index is 916. The fourth-order valence-corrected chi connectivity index (χ4v) is 5.46. The fourth-order valence-electron chi connectivity index (χ4n) is 5.46. The fraction of sp³-hybridized carbons (Fsp3) is 0.556. The summed E-state index contributed by atoms with van der Waals surface area (Å²) in [7, 11) is 0. The number of amides is 1. The number of para-hydroxylation sites is 1. The van der Waals surface area contributed by atoms with Crippen LogP contribution in [0, 0.1) is 11.7 Å². The predicted molar refractivity (Wildman–Crippen MR) is 134 cm³/mol. The number of halogens is 1. The summed E-state index contributed by atoms with van der Waals surface area (Å²) in [5, 5.41) is 3.04. The molecule has 7 heteroatoms. The van der Waals surface area contributed by atoms with Gasteiger partial charge in [0.15, 0.2) is 0 Å². The van der Waals surface area contributed by atoms with Gasteiger partial charge in [-0.05, 0) is 69.0 Å². The highest BCUT2D eigenvalue weighted by atomic mass is 19.1. The van der Waals surface area contributed by atoms with Gasteiger partial charge in [-0.1, -0.05) is 12.1 Å². The van der Waals surface area contributed by atoms with Gasteiger partial charge in [0.25, 0.3) is 0 Å². The molecule has 0 bridgehead atoms. The van der Waals surface area contributed by atoms with E-state index in [-0.39, 0.29) is 17.8 Å². The van der Waals surface area contributed by atoms with Crippen molar-refractivity contribution in [3.8, 4) is 0 Å². The number of hydrogen-bond acceptors (Lipinski definition) is 5. The summed E-state index contributed by atoms with van der Waals surface area (Å²) in [6, 6.07) is 11.9. The van der Waals surface area contributed by atoms with Crippen molar-refractivity contribution in [2.75, 3.05) is 44.2 Å². The standard InChI is InChI=1S/C27H38FN5O/c1-21(2)30-27(34)8-7-23-20-31(19-22-9-12-29-13-10-22)14-11-25(23)32-15-17-33(18-16-32)26-6-4-3-5-24(26)28/h3-6,9-10,12-13,21,23,25H,7-8,11,14-20H2,1-2H3,(H,30,34)/t23-,25+/m0/s1. The zero-order valence-electron chi connectivity index (χ0n) is 20.5. The number of aromatic nitrogens is 1. The Labute approximate surface area is 203 Å². The Kier molecular flexibility index (Phi) is 8.51. The van der Waals surface area contributed by atoms with E-state index in [1.54, 1.807) is 12.1 Å². The van der Waals surface area contributed by atoms with Crippen molar-refractivity contribution in [3.05, 3.63) is 60.2 Å². The SMILES string of the molecule is CC(C)NC(=O)CC[C@H]1CN(Cc2ccncc2)CC[C@H]1N1CCN(c2ccccc2F)CC1. The van der Waals surface area contributed by atoms with Crippen LogP contribution in [0.2, 0.25) is 0 Å². The zero-order chi connectivity index (χ0) is 23.9. The molecular formula is C27H38FN5O. The Balaban J connectivity index is 1.39. The summed E-state index contributed by atoms with van der Waals surface area (Å²) in [6.45, 7) is 10.5. The lowest BCUT2D eigenvalue weighted by Gasteiger charge is -2.47. The lowest BCUT2D eigenvalue weighted by atomic mass is 9.86. The van der Waals surface area contributed by atoms with Gasteiger partial charge in [0.05, 0.1) is 5.69 Å². The third kappa shape index (κ3) is 6.54. The molecule has 2 saturated heterocycles. The molecule has 0 spiro atoms. The van der Waals surface area contributed by atoms with E-state index in [2.05, 4.69) is 37.1 Å². The van der Waals surface area contributed by atoms with E-state index < -0.39 is 0 Å². The summed E-state index contributed by atoms with van der Waals surface area (Å²) in [4.78, 5) is 23.8. The van der Waals surface area contributed by atoms with Crippen LogP contribution in [0.3, 0.4) is 0 Å². The van der Waals surface area contributed by atoms with E-state index in [0.29, 0.717) is 24.1 Å². The second-order valence-corrected chi connectivity index (χ2v) is 9.94. The minimum Gasteiger partial charge on any atom is -0.367 e. The van der Waals surface area contributed by atoms with E-state index in [9.17, 15) is 9.18 Å². The molecule has 2 aromatic rings. The Morgan fingerprint density at radius 3 is 2.53 bits per heavy atom. The normalized spacial score (nSPS) is 22.2. The van der Waals surface area contributed by atoms with Crippen LogP contribution in [-0.2, 0) is 11.3 Å². The van der Waals surface area contributed by atoms with E-state index in [0.717, 1.165) is 58.7 Å². The number of likely N-dealkylation sites (tertiary alicyclic amines) is 1. The zero-order valence-corrected chi connectivity index (χ0v) is 20.5. The number of carbonyl (C=O) groups excluding carboxylic acids is 1. The molecule has 2 aliphatic rings. The summed E-state index contributed by atoms with van der Waals surface area (Å²) in [6.07, 6.45) is 6.26. The summed E-state index contributed by atoms with van der Waals surface area (Å²) < 4.78 is 14.3. The number of nitrogens with zero attached hydrogens (tertiary/aromatic N) is 4. The van der Waals surface area contributed by atoms with Crippen LogP contribution in [0.25, 0.3) is 0 Å². The molecule has 1 aromatic carbocycles. The maximum Gasteiger partial charge on any atom is 0.220 e. The smallest absolute Gasteiger partial charge is 0.220 e. The van der Waals surface area contributed by atoms with Crippen LogP contribution in [-0.4, -0.2) is 72.0 Å². The molecule has 6 nitrogen and oxygen atoms in total. The highest BCUT2D eigenvalue weighted by molar-refractivity contribution is 5.76. The Morgan fingerprint density at radius 2 is 1.82 bits per heavy atom. The molecule has 2 atom stereocenters. The largest absolute Gasteiger partial charge is 0.367 e. The van der Waals surface area contributed by atoms with Gasteiger partial charge in [0.2, 0.25) is 5.91 Å². The Hall–Kier alpha value is -2.51. The maximum absolute atomic E-state index is 14.3. The first-order valence-electron chi connectivity index (χ1n) is 12.6. The van der Waals surface area contributed by atoms with Gasteiger partial charge in [-0.15, -0.1) is 0 Å². The van der Waals surface area contributed by atoms with Gasteiger partial charge in [-0.3, -0.25) is 19.6 Å². The van der Waals surface area contributed by atoms with Gasteiger partial charge in [-0.25, -0.2) is 4.39 Å². The monoisotopic (exact) mass is 467 g/mol. The number of nitrogens with one attached hydrogen (secondary N) is 1. The minimum atomic E-state index is -0.144. The number of piperazine rings is 1. The molecule has 1 aromatic heterocycles. The number of anilines is 1. The van der Waals surface area contributed by atoms with Gasteiger partial charge in [0.1, 0.15) is 5.82 Å². The number of hydrogen-bond donors (Lipinski definition) is 1. The second kappa shape index (κ2) is 11.8. The topological polar surface area (TPSA) is 51.7 Å². The van der Waals surface area contributed by atoms with Gasteiger partial charge >= 0.3 is 0 Å². The molecule has 34 heavy (non-hydrogen) atoms. The van der Waals surface area contributed by atoms with Crippen LogP contribution in [0.15, 0.2) is 48.8 Å². The van der Waals surface area contributed by atoms with Crippen LogP contribution < -0.4 is 10.2 Å². The first-order chi connectivity index (χ1) is 16.5. The summed E-state index contributed by atoms with van der Waals surface area (Å²) in [5.41, 5.74) is 1.99. The van der Waals surface area contributed by atoms with E-state index in [1.165, 1.54) is 5.56 Å². The number of carbonyl (C=O) groups is 1. The summed E-state index contributed by atoms with van der Waals surface area (Å²) >= 11 is 0. The van der Waals surface area contributed by atoms with Gasteiger partial charge in [-0.2, -0.15) is 0 Å². The van der Waals surface area contributed by atoms with Gasteiger partial charge < -0.3 is 10.2 Å². The first-order valence-corrected chi connectivity index (χ1v) is 12.6. The molecule has 3 heterocycles. The van der Waals surface area contributed by atoms with Crippen molar-refractivity contribution in [1.82, 2.24) is 20.1 Å². The third-order valence-electron chi connectivity index (χ3n) is 7.10. The van der Waals surface area contributed by atoms with Crippen molar-refractivity contribution in [2.45, 2.75) is 51.7 Å². The van der Waals surface area contributed by atoms with Crippen LogP contribution in [0.1, 0.15) is 38.7 Å². The van der Waals surface area contributed by atoms with Crippen molar-refractivity contribution < 1.29 is 9.18 Å². The van der Waals surface area contributed by atoms with Crippen molar-refractivity contribution in [2.24, 2.45) is 5.92 Å². The lowest BCUT2D eigenvalue weighted by molar-refractivity contribution is -0.122. The first kappa shape index (κ1) is 24.6. The quantitative estimate of drug-likeness (QED) is 0.644. The number of piperidine rings is 1. The van der Waals surface area contributed by atoms with Crippen molar-refractivity contribution in [1.29, 1.82) is 0 Å². The van der Waals surface area contributed by atoms with Crippen LogP contribution in [0.5, 0.6) is 0 Å². The molecule has 0 saturated carbocycles. The van der Waals surface area contributed by atoms with E-state index >= 15 is 0 Å². The lowest BCUT2D eigenvalue weighted by Crippen LogP contribution is -2.56. The molecule has 4 rings (SSSR count). The molecule has 0 unspecified atom stereocenters. The molecule has 1 amide bonds. The molecule has 0 radical (unpaired) electrons. The van der Waals surface area contributed by atoms with Crippen molar-refractivity contribution >= 4 is 11.6 Å². The average molecular weight is 468 g/mol. The summed E-state index contributed by atoms with van der Waals surface area (Å²) in [5.74, 6) is 0.437. The van der Waals surface area contributed by atoms with Crippen LogP contribution in [0.4, 0.5) is 10.1 Å². The number of rotatable bonds is 8. The highest BCUT2D eigenvalue weighted by Crippen LogP contribution is 2.29. The average Bonchev–Trinajstić information content (AvgIpc) is 2.84. The van der Waals surface area contributed by atoms with Gasteiger partial charge in [0, 0.05) is 70.2 Å². The third-order valence-corrected chi connectivity index (χ3v) is 7.10. The number of pyridine rings is 1. The minimum absolute atomic E-state index is 0.143. The van der Waals surface area contributed by atoms with E-state index in [1.807, 2.05) is 38.4 Å². The molecular weight excluding hydrogens is 429 g/mol. The predicted octanol–water partition coefficient (Wildman–Crippen LogP) is 3.54. The highest BCUT2D eigenvalue weighted by Gasteiger charge is 2.35. The van der Waals surface area contributed by atoms with E-state index in [4.69, 9.17) is 0 Å². The molecule has 2 fully saturated rings. The number of benzene rings is 1. The molecule has 1 N–H and O–H groups in total.